The van der Waals surface area contributed by atoms with Gasteiger partial charge in [0.1, 0.15) is 0 Å². The highest BCUT2D eigenvalue weighted by atomic mass is 79.9. The Labute approximate surface area is 108 Å². The van der Waals surface area contributed by atoms with E-state index >= 15 is 0 Å². The Balaban J connectivity index is 2.27. The van der Waals surface area contributed by atoms with Crippen LogP contribution < -0.4 is 11.1 Å². The molecule has 2 aromatic rings. The van der Waals surface area contributed by atoms with Crippen molar-refractivity contribution in [3.8, 4) is 0 Å². The van der Waals surface area contributed by atoms with Crippen molar-refractivity contribution in [2.45, 2.75) is 0 Å². The van der Waals surface area contributed by atoms with Crippen LogP contribution in [0.25, 0.3) is 0 Å². The largest absolute Gasteiger partial charge is 0.398 e. The van der Waals surface area contributed by atoms with Crippen molar-refractivity contribution in [1.82, 2.24) is 0 Å². The first-order valence-corrected chi connectivity index (χ1v) is 5.88. The van der Waals surface area contributed by atoms with E-state index in [1.165, 1.54) is 0 Å². The summed E-state index contributed by atoms with van der Waals surface area (Å²) in [6, 6.07) is 14.5. The van der Waals surface area contributed by atoms with Gasteiger partial charge in [-0.15, -0.1) is 0 Å². The zero-order chi connectivity index (χ0) is 12.3. The second kappa shape index (κ2) is 5.01. The lowest BCUT2D eigenvalue weighted by molar-refractivity contribution is 0.102. The zero-order valence-electron chi connectivity index (χ0n) is 8.98. The predicted molar refractivity (Wildman–Crippen MR) is 72.9 cm³/mol. The van der Waals surface area contributed by atoms with Crippen LogP contribution in [0.3, 0.4) is 0 Å². The molecule has 0 unspecified atom stereocenters. The molecule has 3 N–H and O–H groups in total. The number of carbonyl (C=O) groups is 1. The first-order chi connectivity index (χ1) is 8.18. The van der Waals surface area contributed by atoms with Crippen molar-refractivity contribution >= 4 is 33.2 Å². The van der Waals surface area contributed by atoms with Gasteiger partial charge in [-0.25, -0.2) is 0 Å². The molecule has 0 atom stereocenters. The highest BCUT2D eigenvalue weighted by molar-refractivity contribution is 9.10. The maximum Gasteiger partial charge on any atom is 0.258 e. The molecule has 0 aliphatic heterocycles. The Bertz CT molecular complexity index is 520. The molecule has 0 spiro atoms. The standard InChI is InChI=1S/C13H11BrN2O/c14-10-7-4-8-11(15)12(10)13(17)16-9-5-2-1-3-6-9/h1-8H,15H2,(H,16,17). The number of hydrogen-bond donors (Lipinski definition) is 2. The number of nitrogens with one attached hydrogen (secondary N) is 1. The minimum Gasteiger partial charge on any atom is -0.398 e. The normalized spacial score (nSPS) is 9.94. The molecule has 0 radical (unpaired) electrons. The molecule has 86 valence electrons. The molecule has 0 bridgehead atoms. The molecule has 3 nitrogen and oxygen atoms in total. The van der Waals surface area contributed by atoms with Gasteiger partial charge in [-0.1, -0.05) is 24.3 Å². The Morgan fingerprint density at radius 1 is 1.06 bits per heavy atom. The topological polar surface area (TPSA) is 55.1 Å². The van der Waals surface area contributed by atoms with Gasteiger partial charge in [-0.05, 0) is 40.2 Å². The summed E-state index contributed by atoms with van der Waals surface area (Å²) in [4.78, 5) is 12.0. The van der Waals surface area contributed by atoms with E-state index < -0.39 is 0 Å². The van der Waals surface area contributed by atoms with Gasteiger partial charge in [-0.3, -0.25) is 4.79 Å². The molecule has 0 saturated carbocycles. The zero-order valence-corrected chi connectivity index (χ0v) is 10.6. The summed E-state index contributed by atoms with van der Waals surface area (Å²) in [6.45, 7) is 0. The molecule has 1 amide bonds. The summed E-state index contributed by atoms with van der Waals surface area (Å²) in [6.07, 6.45) is 0. The van der Waals surface area contributed by atoms with Crippen LogP contribution in [0.1, 0.15) is 10.4 Å². The Kier molecular flexibility index (Phi) is 3.44. The van der Waals surface area contributed by atoms with Gasteiger partial charge in [0.2, 0.25) is 0 Å². The smallest absolute Gasteiger partial charge is 0.258 e. The van der Waals surface area contributed by atoms with E-state index in [0.29, 0.717) is 15.7 Å². The van der Waals surface area contributed by atoms with Crippen molar-refractivity contribution in [3.05, 3.63) is 58.6 Å². The van der Waals surface area contributed by atoms with Crippen LogP contribution in [0, 0.1) is 0 Å². The maximum absolute atomic E-state index is 12.0. The third kappa shape index (κ3) is 2.65. The van der Waals surface area contributed by atoms with Gasteiger partial charge in [-0.2, -0.15) is 0 Å². The van der Waals surface area contributed by atoms with Crippen LogP contribution in [0.5, 0.6) is 0 Å². The van der Waals surface area contributed by atoms with Crippen LogP contribution >= 0.6 is 15.9 Å². The molecule has 17 heavy (non-hydrogen) atoms. The van der Waals surface area contributed by atoms with Crippen molar-refractivity contribution < 1.29 is 4.79 Å². The van der Waals surface area contributed by atoms with Gasteiger partial charge < -0.3 is 11.1 Å². The monoisotopic (exact) mass is 290 g/mol. The molecule has 0 aliphatic carbocycles. The predicted octanol–water partition coefficient (Wildman–Crippen LogP) is 3.28. The first-order valence-electron chi connectivity index (χ1n) is 5.09. The molecule has 0 saturated heterocycles. The van der Waals surface area contributed by atoms with Gasteiger partial charge in [0.15, 0.2) is 0 Å². The fourth-order valence-corrected chi connectivity index (χ4v) is 2.06. The molecule has 2 aromatic carbocycles. The number of amides is 1. The highest BCUT2D eigenvalue weighted by Crippen LogP contribution is 2.23. The van der Waals surface area contributed by atoms with Gasteiger partial charge in [0.25, 0.3) is 5.91 Å². The fraction of sp³-hybridized carbons (Fsp3) is 0. The lowest BCUT2D eigenvalue weighted by Crippen LogP contribution is -2.14. The van der Waals surface area contributed by atoms with E-state index in [2.05, 4.69) is 21.2 Å². The lowest BCUT2D eigenvalue weighted by Gasteiger charge is -2.09. The number of rotatable bonds is 2. The maximum atomic E-state index is 12.0. The summed E-state index contributed by atoms with van der Waals surface area (Å²) in [5.41, 5.74) is 7.43. The van der Waals surface area contributed by atoms with Gasteiger partial charge in [0.05, 0.1) is 5.56 Å². The summed E-state index contributed by atoms with van der Waals surface area (Å²) < 4.78 is 0.686. The Morgan fingerprint density at radius 3 is 2.41 bits per heavy atom. The second-order valence-electron chi connectivity index (χ2n) is 3.52. The van der Waals surface area contributed by atoms with Crippen molar-refractivity contribution in [1.29, 1.82) is 0 Å². The van der Waals surface area contributed by atoms with Crippen LogP contribution in [-0.4, -0.2) is 5.91 Å². The van der Waals surface area contributed by atoms with E-state index in [1.807, 2.05) is 30.3 Å². The van der Waals surface area contributed by atoms with E-state index in [9.17, 15) is 4.79 Å². The number of nitrogens with two attached hydrogens (primary N) is 1. The van der Waals surface area contributed by atoms with Crippen molar-refractivity contribution in [2.24, 2.45) is 0 Å². The van der Waals surface area contributed by atoms with E-state index in [-0.39, 0.29) is 5.91 Å². The van der Waals surface area contributed by atoms with E-state index in [4.69, 9.17) is 5.73 Å². The van der Waals surface area contributed by atoms with Crippen molar-refractivity contribution in [2.75, 3.05) is 11.1 Å². The Morgan fingerprint density at radius 2 is 1.76 bits per heavy atom. The molecular weight excluding hydrogens is 280 g/mol. The number of anilines is 2. The minimum atomic E-state index is -0.221. The molecule has 0 aliphatic rings. The van der Waals surface area contributed by atoms with Gasteiger partial charge in [0, 0.05) is 15.8 Å². The lowest BCUT2D eigenvalue weighted by atomic mass is 10.1. The molecule has 0 heterocycles. The number of carbonyl (C=O) groups excluding carboxylic acids is 1. The van der Waals surface area contributed by atoms with E-state index in [0.717, 1.165) is 5.69 Å². The number of benzene rings is 2. The molecule has 0 aromatic heterocycles. The average molecular weight is 291 g/mol. The van der Waals surface area contributed by atoms with Crippen LogP contribution in [-0.2, 0) is 0 Å². The first kappa shape index (κ1) is 11.7. The summed E-state index contributed by atoms with van der Waals surface area (Å²) in [7, 11) is 0. The highest BCUT2D eigenvalue weighted by Gasteiger charge is 2.13. The summed E-state index contributed by atoms with van der Waals surface area (Å²) >= 11 is 3.32. The fourth-order valence-electron chi connectivity index (χ4n) is 1.50. The van der Waals surface area contributed by atoms with Crippen LogP contribution in [0.4, 0.5) is 11.4 Å². The molecule has 2 rings (SSSR count). The minimum absolute atomic E-state index is 0.221. The van der Waals surface area contributed by atoms with Crippen molar-refractivity contribution in [3.63, 3.8) is 0 Å². The number of hydrogen-bond acceptors (Lipinski definition) is 2. The molecule has 0 fully saturated rings. The average Bonchev–Trinajstić information content (AvgIpc) is 2.30. The summed E-state index contributed by atoms with van der Waals surface area (Å²) in [5.74, 6) is -0.221. The van der Waals surface area contributed by atoms with Crippen LogP contribution in [0.15, 0.2) is 53.0 Å². The Hall–Kier alpha value is -1.81. The summed E-state index contributed by atoms with van der Waals surface area (Å²) in [5, 5.41) is 2.79. The number of nitrogen functional groups attached to an aromatic ring is 1. The number of halogens is 1. The van der Waals surface area contributed by atoms with Gasteiger partial charge >= 0.3 is 0 Å². The third-order valence-corrected chi connectivity index (χ3v) is 2.97. The third-order valence-electron chi connectivity index (χ3n) is 2.30. The van der Waals surface area contributed by atoms with Crippen LogP contribution in [0.2, 0.25) is 0 Å². The van der Waals surface area contributed by atoms with E-state index in [1.54, 1.807) is 18.2 Å². The quantitative estimate of drug-likeness (QED) is 0.834. The second-order valence-corrected chi connectivity index (χ2v) is 4.38. The molecule has 4 heteroatoms. The SMILES string of the molecule is Nc1cccc(Br)c1C(=O)Nc1ccccc1. The molecular formula is C13H11BrN2O. The number of para-hydroxylation sites is 1.